The molecule has 1 unspecified atom stereocenters. The van der Waals surface area contributed by atoms with E-state index in [-0.39, 0.29) is 23.8 Å². The number of ether oxygens (including phenoxy) is 2. The van der Waals surface area contributed by atoms with E-state index >= 15 is 0 Å². The van der Waals surface area contributed by atoms with E-state index in [0.29, 0.717) is 11.0 Å². The highest BCUT2D eigenvalue weighted by atomic mass is 16.5. The number of carbonyl (C=O) groups is 2. The Hall–Kier alpha value is -2.63. The molecule has 0 fully saturated rings. The van der Waals surface area contributed by atoms with Gasteiger partial charge in [0.1, 0.15) is 23.2 Å². The Morgan fingerprint density at radius 2 is 2.14 bits per heavy atom. The molecule has 110 valence electrons. The highest BCUT2D eigenvalue weighted by molar-refractivity contribution is 5.97. The minimum absolute atomic E-state index is 0.107. The molecule has 1 atom stereocenters. The number of hydrogen-bond donors (Lipinski definition) is 0. The number of carbonyl (C=O) groups excluding carboxylic acids is 2. The van der Waals surface area contributed by atoms with E-state index in [1.807, 2.05) is 0 Å². The second-order valence-electron chi connectivity index (χ2n) is 4.56. The normalized spacial score (nSPS) is 11.9. The lowest BCUT2D eigenvalue weighted by molar-refractivity contribution is -0.111. The van der Waals surface area contributed by atoms with Gasteiger partial charge in [0.25, 0.3) is 0 Å². The van der Waals surface area contributed by atoms with E-state index in [0.717, 1.165) is 6.29 Å². The summed E-state index contributed by atoms with van der Waals surface area (Å²) in [5, 5.41) is 0.575. The van der Waals surface area contributed by atoms with Crippen molar-refractivity contribution in [2.75, 3.05) is 13.7 Å². The van der Waals surface area contributed by atoms with E-state index in [9.17, 15) is 14.4 Å². The van der Waals surface area contributed by atoms with E-state index in [1.54, 1.807) is 13.0 Å². The van der Waals surface area contributed by atoms with Gasteiger partial charge in [-0.3, -0.25) is 0 Å². The molecule has 0 saturated heterocycles. The van der Waals surface area contributed by atoms with Crippen molar-refractivity contribution < 1.29 is 23.5 Å². The number of hydrogen-bond acceptors (Lipinski definition) is 6. The molecule has 0 aliphatic carbocycles. The first-order valence-electron chi connectivity index (χ1n) is 6.29. The van der Waals surface area contributed by atoms with Crippen LogP contribution in [0.15, 0.2) is 33.5 Å². The predicted molar refractivity (Wildman–Crippen MR) is 74.5 cm³/mol. The molecular formula is C15H14O6. The summed E-state index contributed by atoms with van der Waals surface area (Å²) in [4.78, 5) is 33.7. The summed E-state index contributed by atoms with van der Waals surface area (Å²) in [7, 11) is 1.26. The van der Waals surface area contributed by atoms with Crippen molar-refractivity contribution in [3.8, 4) is 5.75 Å². The van der Waals surface area contributed by atoms with Crippen molar-refractivity contribution in [2.24, 2.45) is 5.92 Å². The third-order valence-electron chi connectivity index (χ3n) is 2.86. The van der Waals surface area contributed by atoms with E-state index in [2.05, 4.69) is 0 Å². The molecule has 2 rings (SSSR count). The zero-order valence-corrected chi connectivity index (χ0v) is 11.6. The molecule has 0 N–H and O–H groups in total. The molecule has 6 heteroatoms. The monoisotopic (exact) mass is 290 g/mol. The van der Waals surface area contributed by atoms with Crippen LogP contribution in [0, 0.1) is 5.92 Å². The molecule has 0 aliphatic heterocycles. The first kappa shape index (κ1) is 14.8. The molecule has 1 heterocycles. The molecule has 0 amide bonds. The number of rotatable bonds is 5. The lowest BCUT2D eigenvalue weighted by Gasteiger charge is -2.12. The summed E-state index contributed by atoms with van der Waals surface area (Å²) in [6, 6.07) is 5.77. The summed E-state index contributed by atoms with van der Waals surface area (Å²) in [5.74, 6) is -0.691. The van der Waals surface area contributed by atoms with Gasteiger partial charge in [-0.15, -0.1) is 0 Å². The van der Waals surface area contributed by atoms with Crippen LogP contribution in [0.5, 0.6) is 5.75 Å². The van der Waals surface area contributed by atoms with E-state index < -0.39 is 11.6 Å². The summed E-state index contributed by atoms with van der Waals surface area (Å²) >= 11 is 0. The van der Waals surface area contributed by atoms with Crippen molar-refractivity contribution in [3.63, 3.8) is 0 Å². The zero-order chi connectivity index (χ0) is 15.4. The first-order valence-corrected chi connectivity index (χ1v) is 6.29. The van der Waals surface area contributed by atoms with Gasteiger partial charge in [0, 0.05) is 23.4 Å². The van der Waals surface area contributed by atoms with Crippen molar-refractivity contribution >= 4 is 23.2 Å². The SMILES string of the molecule is COC(=O)c1cc2ccc(=O)oc2cc1OCC(C)C=O. The maximum absolute atomic E-state index is 11.8. The fourth-order valence-corrected chi connectivity index (χ4v) is 1.75. The highest BCUT2D eigenvalue weighted by Gasteiger charge is 2.16. The maximum atomic E-state index is 11.8. The number of benzene rings is 1. The van der Waals surface area contributed by atoms with Crippen LogP contribution in [0.2, 0.25) is 0 Å². The molecule has 1 aromatic carbocycles. The van der Waals surface area contributed by atoms with Gasteiger partial charge in [-0.05, 0) is 12.1 Å². The Balaban J connectivity index is 2.50. The molecule has 0 aliphatic rings. The fraction of sp³-hybridized carbons (Fsp3) is 0.267. The molecular weight excluding hydrogens is 276 g/mol. The van der Waals surface area contributed by atoms with Gasteiger partial charge in [-0.1, -0.05) is 6.92 Å². The third kappa shape index (κ3) is 3.28. The van der Waals surface area contributed by atoms with Crippen molar-refractivity contribution in [1.29, 1.82) is 0 Å². The Labute approximate surface area is 120 Å². The standard InChI is InChI=1S/C15H14O6/c1-9(7-16)8-20-13-6-12-10(3-4-14(17)21-12)5-11(13)15(18)19-2/h3-7,9H,8H2,1-2H3. The van der Waals surface area contributed by atoms with E-state index in [1.165, 1.54) is 25.3 Å². The highest BCUT2D eigenvalue weighted by Crippen LogP contribution is 2.26. The molecule has 0 saturated carbocycles. The molecule has 0 radical (unpaired) electrons. The van der Waals surface area contributed by atoms with Crippen molar-refractivity contribution in [3.05, 3.63) is 40.2 Å². The van der Waals surface area contributed by atoms with Gasteiger partial charge in [-0.25, -0.2) is 9.59 Å². The molecule has 21 heavy (non-hydrogen) atoms. The Morgan fingerprint density at radius 3 is 2.81 bits per heavy atom. The zero-order valence-electron chi connectivity index (χ0n) is 11.6. The second kappa shape index (κ2) is 6.21. The van der Waals surface area contributed by atoms with Crippen LogP contribution in [-0.2, 0) is 9.53 Å². The Bertz CT molecular complexity index is 731. The van der Waals surface area contributed by atoms with Crippen LogP contribution in [0.1, 0.15) is 17.3 Å². The molecule has 0 bridgehead atoms. The minimum Gasteiger partial charge on any atom is -0.492 e. The summed E-state index contributed by atoms with van der Waals surface area (Å²) < 4.78 is 15.2. The number of methoxy groups -OCH3 is 1. The van der Waals surface area contributed by atoms with Crippen LogP contribution in [0.3, 0.4) is 0 Å². The minimum atomic E-state index is -0.572. The summed E-state index contributed by atoms with van der Waals surface area (Å²) in [6.07, 6.45) is 0.749. The van der Waals surface area contributed by atoms with Crippen LogP contribution in [0.4, 0.5) is 0 Å². The van der Waals surface area contributed by atoms with Gasteiger partial charge in [0.15, 0.2) is 0 Å². The topological polar surface area (TPSA) is 82.8 Å². The lowest BCUT2D eigenvalue weighted by atomic mass is 10.1. The van der Waals surface area contributed by atoms with Crippen LogP contribution in [0.25, 0.3) is 11.0 Å². The largest absolute Gasteiger partial charge is 0.492 e. The molecule has 0 spiro atoms. The van der Waals surface area contributed by atoms with Gasteiger partial charge in [-0.2, -0.15) is 0 Å². The van der Waals surface area contributed by atoms with Crippen LogP contribution >= 0.6 is 0 Å². The van der Waals surface area contributed by atoms with Crippen LogP contribution in [-0.4, -0.2) is 26.0 Å². The van der Waals surface area contributed by atoms with Crippen molar-refractivity contribution in [2.45, 2.75) is 6.92 Å². The summed E-state index contributed by atoms with van der Waals surface area (Å²) in [6.45, 7) is 1.79. The fourth-order valence-electron chi connectivity index (χ4n) is 1.75. The van der Waals surface area contributed by atoms with Gasteiger partial charge in [0.2, 0.25) is 0 Å². The molecule has 6 nitrogen and oxygen atoms in total. The van der Waals surface area contributed by atoms with Gasteiger partial charge >= 0.3 is 11.6 Å². The lowest BCUT2D eigenvalue weighted by Crippen LogP contribution is -2.12. The Kier molecular flexibility index (Phi) is 4.37. The van der Waals surface area contributed by atoms with Gasteiger partial charge in [0.05, 0.1) is 13.7 Å². The summed E-state index contributed by atoms with van der Waals surface area (Å²) in [5.41, 5.74) is 0.00128. The average molecular weight is 290 g/mol. The molecule has 1 aromatic heterocycles. The average Bonchev–Trinajstić information content (AvgIpc) is 2.50. The predicted octanol–water partition coefficient (Wildman–Crippen LogP) is 1.79. The smallest absolute Gasteiger partial charge is 0.341 e. The number of esters is 1. The number of aldehydes is 1. The maximum Gasteiger partial charge on any atom is 0.341 e. The number of fused-ring (bicyclic) bond motifs is 1. The van der Waals surface area contributed by atoms with E-state index in [4.69, 9.17) is 13.9 Å². The van der Waals surface area contributed by atoms with Gasteiger partial charge < -0.3 is 18.7 Å². The molecule has 2 aromatic rings. The second-order valence-corrected chi connectivity index (χ2v) is 4.56. The third-order valence-corrected chi connectivity index (χ3v) is 2.86. The van der Waals surface area contributed by atoms with Crippen LogP contribution < -0.4 is 10.4 Å². The van der Waals surface area contributed by atoms with Crippen molar-refractivity contribution in [1.82, 2.24) is 0 Å². The quantitative estimate of drug-likeness (QED) is 0.474. The Morgan fingerprint density at radius 1 is 1.38 bits per heavy atom. The first-order chi connectivity index (χ1) is 10.0.